The van der Waals surface area contributed by atoms with Crippen LogP contribution < -0.4 is 11.5 Å². The van der Waals surface area contributed by atoms with Crippen LogP contribution in [-0.4, -0.2) is 0 Å². The topological polar surface area (TPSA) is 52.0 Å². The Morgan fingerprint density at radius 1 is 0.875 bits per heavy atom. The van der Waals surface area contributed by atoms with Crippen LogP contribution in [0.4, 0.5) is 11.4 Å². The monoisotopic (exact) mass is 212 g/mol. The number of anilines is 2. The summed E-state index contributed by atoms with van der Waals surface area (Å²) >= 11 is 0. The predicted octanol–water partition coefficient (Wildman–Crippen LogP) is 3.13. The fourth-order valence-corrected chi connectivity index (χ4v) is 1.93. The van der Waals surface area contributed by atoms with Gasteiger partial charge in [0.2, 0.25) is 0 Å². The number of benzene rings is 2. The average Bonchev–Trinajstić information content (AvgIpc) is 2.23. The highest BCUT2D eigenvalue weighted by atomic mass is 14.6. The van der Waals surface area contributed by atoms with Crippen molar-refractivity contribution >= 4 is 11.4 Å². The summed E-state index contributed by atoms with van der Waals surface area (Å²) in [4.78, 5) is 0. The van der Waals surface area contributed by atoms with Crippen LogP contribution in [0.2, 0.25) is 0 Å². The Bertz CT molecular complexity index is 530. The molecule has 82 valence electrons. The Morgan fingerprint density at radius 2 is 1.62 bits per heavy atom. The number of nitrogen functional groups attached to an aromatic ring is 2. The lowest BCUT2D eigenvalue weighted by Crippen LogP contribution is -1.94. The minimum atomic E-state index is 0.794. The van der Waals surface area contributed by atoms with E-state index >= 15 is 0 Å². The molecule has 0 bridgehead atoms. The van der Waals surface area contributed by atoms with Gasteiger partial charge >= 0.3 is 0 Å². The van der Waals surface area contributed by atoms with Crippen LogP contribution in [0, 0.1) is 13.8 Å². The highest BCUT2D eigenvalue weighted by Gasteiger charge is 2.06. The van der Waals surface area contributed by atoms with E-state index in [2.05, 4.69) is 13.0 Å². The second-order valence-corrected chi connectivity index (χ2v) is 4.09. The lowest BCUT2D eigenvalue weighted by Gasteiger charge is -2.11. The second-order valence-electron chi connectivity index (χ2n) is 4.09. The van der Waals surface area contributed by atoms with Crippen molar-refractivity contribution in [2.75, 3.05) is 11.5 Å². The third-order valence-electron chi connectivity index (χ3n) is 2.92. The number of aryl methyl sites for hydroxylation is 1. The Morgan fingerprint density at radius 3 is 2.31 bits per heavy atom. The van der Waals surface area contributed by atoms with Crippen molar-refractivity contribution < 1.29 is 0 Å². The summed E-state index contributed by atoms with van der Waals surface area (Å²) in [5.41, 5.74) is 18.0. The fourth-order valence-electron chi connectivity index (χ4n) is 1.93. The summed E-state index contributed by atoms with van der Waals surface area (Å²) in [5.74, 6) is 0. The molecule has 0 unspecified atom stereocenters. The van der Waals surface area contributed by atoms with Crippen LogP contribution in [0.1, 0.15) is 11.1 Å². The number of hydrogen-bond acceptors (Lipinski definition) is 2. The molecule has 2 nitrogen and oxygen atoms in total. The zero-order valence-corrected chi connectivity index (χ0v) is 9.62. The van der Waals surface area contributed by atoms with Gasteiger partial charge in [-0.05, 0) is 54.3 Å². The van der Waals surface area contributed by atoms with Gasteiger partial charge < -0.3 is 11.5 Å². The van der Waals surface area contributed by atoms with E-state index in [1.807, 2.05) is 37.3 Å². The van der Waals surface area contributed by atoms with E-state index in [0.29, 0.717) is 0 Å². The molecule has 2 aromatic carbocycles. The molecule has 4 N–H and O–H groups in total. The van der Waals surface area contributed by atoms with E-state index in [0.717, 1.165) is 16.9 Å². The summed E-state index contributed by atoms with van der Waals surface area (Å²) in [6.07, 6.45) is 0. The van der Waals surface area contributed by atoms with E-state index in [-0.39, 0.29) is 0 Å². The van der Waals surface area contributed by atoms with Crippen LogP contribution in [0.15, 0.2) is 36.4 Å². The average molecular weight is 212 g/mol. The molecule has 2 heteroatoms. The maximum absolute atomic E-state index is 5.91. The smallest absolute Gasteiger partial charge is 0.0349 e. The highest BCUT2D eigenvalue weighted by molar-refractivity contribution is 5.76. The van der Waals surface area contributed by atoms with Gasteiger partial charge in [-0.1, -0.05) is 18.2 Å². The van der Waals surface area contributed by atoms with E-state index in [1.165, 1.54) is 16.7 Å². The lowest BCUT2D eigenvalue weighted by atomic mass is 9.95. The van der Waals surface area contributed by atoms with E-state index in [4.69, 9.17) is 11.5 Å². The SMILES string of the molecule is Cc1cc(N)ccc1-c1cccc(N)c1C. The van der Waals surface area contributed by atoms with Crippen molar-refractivity contribution in [2.45, 2.75) is 13.8 Å². The molecule has 0 spiro atoms. The first-order valence-corrected chi connectivity index (χ1v) is 5.31. The summed E-state index contributed by atoms with van der Waals surface area (Å²) < 4.78 is 0. The van der Waals surface area contributed by atoms with Gasteiger partial charge in [-0.2, -0.15) is 0 Å². The molecule has 0 saturated heterocycles. The molecule has 0 atom stereocenters. The van der Waals surface area contributed by atoms with Gasteiger partial charge in [0.25, 0.3) is 0 Å². The Kier molecular flexibility index (Phi) is 2.57. The summed E-state index contributed by atoms with van der Waals surface area (Å²) in [6.45, 7) is 4.11. The maximum Gasteiger partial charge on any atom is 0.0349 e. The molecule has 0 saturated carbocycles. The van der Waals surface area contributed by atoms with Crippen molar-refractivity contribution in [2.24, 2.45) is 0 Å². The standard InChI is InChI=1S/C14H16N2/c1-9-8-11(15)6-7-12(9)13-4-3-5-14(16)10(13)2/h3-8H,15-16H2,1-2H3. The molecule has 0 aliphatic heterocycles. The lowest BCUT2D eigenvalue weighted by molar-refractivity contribution is 1.41. The fraction of sp³-hybridized carbons (Fsp3) is 0.143. The Labute approximate surface area is 95.9 Å². The minimum Gasteiger partial charge on any atom is -0.399 e. The number of hydrogen-bond donors (Lipinski definition) is 2. The third kappa shape index (κ3) is 1.74. The molecule has 0 amide bonds. The summed E-state index contributed by atoms with van der Waals surface area (Å²) in [5, 5.41) is 0. The van der Waals surface area contributed by atoms with Crippen LogP contribution >= 0.6 is 0 Å². The molecule has 0 aliphatic carbocycles. The molecule has 2 aromatic rings. The van der Waals surface area contributed by atoms with Gasteiger partial charge in [0.05, 0.1) is 0 Å². The zero-order valence-electron chi connectivity index (χ0n) is 9.62. The molecule has 0 aromatic heterocycles. The quantitative estimate of drug-likeness (QED) is 0.713. The summed E-state index contributed by atoms with van der Waals surface area (Å²) in [7, 11) is 0. The molecule has 0 radical (unpaired) electrons. The minimum absolute atomic E-state index is 0.794. The molecule has 16 heavy (non-hydrogen) atoms. The van der Waals surface area contributed by atoms with Crippen molar-refractivity contribution in [1.29, 1.82) is 0 Å². The van der Waals surface area contributed by atoms with E-state index < -0.39 is 0 Å². The first kappa shape index (κ1) is 10.6. The van der Waals surface area contributed by atoms with Crippen LogP contribution in [0.3, 0.4) is 0 Å². The van der Waals surface area contributed by atoms with Gasteiger partial charge in [0.1, 0.15) is 0 Å². The van der Waals surface area contributed by atoms with Crippen LogP contribution in [0.25, 0.3) is 11.1 Å². The van der Waals surface area contributed by atoms with Crippen LogP contribution in [0.5, 0.6) is 0 Å². The molecule has 2 rings (SSSR count). The maximum atomic E-state index is 5.91. The normalized spacial score (nSPS) is 10.4. The molecule has 0 fully saturated rings. The Hall–Kier alpha value is -1.96. The Balaban J connectivity index is 2.63. The van der Waals surface area contributed by atoms with Crippen molar-refractivity contribution in [1.82, 2.24) is 0 Å². The van der Waals surface area contributed by atoms with E-state index in [9.17, 15) is 0 Å². The van der Waals surface area contributed by atoms with Gasteiger partial charge in [0.15, 0.2) is 0 Å². The molecule has 0 aliphatic rings. The van der Waals surface area contributed by atoms with E-state index in [1.54, 1.807) is 0 Å². The first-order valence-electron chi connectivity index (χ1n) is 5.31. The van der Waals surface area contributed by atoms with Crippen LogP contribution in [-0.2, 0) is 0 Å². The molecule has 0 heterocycles. The third-order valence-corrected chi connectivity index (χ3v) is 2.92. The largest absolute Gasteiger partial charge is 0.399 e. The zero-order chi connectivity index (χ0) is 11.7. The number of rotatable bonds is 1. The van der Waals surface area contributed by atoms with Crippen molar-refractivity contribution in [3.63, 3.8) is 0 Å². The second kappa shape index (κ2) is 3.89. The van der Waals surface area contributed by atoms with Gasteiger partial charge in [-0.15, -0.1) is 0 Å². The summed E-state index contributed by atoms with van der Waals surface area (Å²) in [6, 6.07) is 11.9. The molecular weight excluding hydrogens is 196 g/mol. The first-order chi connectivity index (χ1) is 7.59. The molecular formula is C14H16N2. The predicted molar refractivity (Wildman–Crippen MR) is 70.2 cm³/mol. The van der Waals surface area contributed by atoms with Crippen molar-refractivity contribution in [3.8, 4) is 11.1 Å². The highest BCUT2D eigenvalue weighted by Crippen LogP contribution is 2.30. The number of nitrogens with two attached hydrogens (primary N) is 2. The van der Waals surface area contributed by atoms with Gasteiger partial charge in [-0.25, -0.2) is 0 Å². The van der Waals surface area contributed by atoms with Gasteiger partial charge in [0, 0.05) is 11.4 Å². The van der Waals surface area contributed by atoms with Crippen molar-refractivity contribution in [3.05, 3.63) is 47.5 Å². The van der Waals surface area contributed by atoms with Gasteiger partial charge in [-0.3, -0.25) is 0 Å².